The number of carbonyl (C=O) groups is 1. The SMILES string of the molecule is CC1(C)Cc2c(cnn2Cc2cccc(Cl)c2)[C@H](NC(=O)Cc2cccs2)C1. The van der Waals surface area contributed by atoms with Gasteiger partial charge < -0.3 is 5.32 Å². The van der Waals surface area contributed by atoms with E-state index in [0.29, 0.717) is 13.0 Å². The van der Waals surface area contributed by atoms with Crippen molar-refractivity contribution >= 4 is 28.8 Å². The normalized spacial score (nSPS) is 17.9. The lowest BCUT2D eigenvalue weighted by molar-refractivity contribution is -0.121. The van der Waals surface area contributed by atoms with E-state index < -0.39 is 0 Å². The molecule has 1 aliphatic rings. The van der Waals surface area contributed by atoms with Crippen LogP contribution >= 0.6 is 22.9 Å². The number of benzene rings is 1. The molecule has 4 rings (SSSR count). The van der Waals surface area contributed by atoms with E-state index in [4.69, 9.17) is 11.6 Å². The molecule has 0 saturated carbocycles. The Morgan fingerprint density at radius 2 is 2.21 bits per heavy atom. The first-order valence-electron chi connectivity index (χ1n) is 9.50. The van der Waals surface area contributed by atoms with Crippen LogP contribution in [0.1, 0.15) is 48.0 Å². The van der Waals surface area contributed by atoms with Gasteiger partial charge in [-0.2, -0.15) is 5.10 Å². The van der Waals surface area contributed by atoms with Crippen LogP contribution in [0.2, 0.25) is 5.02 Å². The quantitative estimate of drug-likeness (QED) is 0.638. The van der Waals surface area contributed by atoms with Crippen molar-refractivity contribution in [3.63, 3.8) is 0 Å². The average molecular weight is 414 g/mol. The summed E-state index contributed by atoms with van der Waals surface area (Å²) in [5.41, 5.74) is 3.57. The van der Waals surface area contributed by atoms with Gasteiger partial charge in [0.15, 0.2) is 0 Å². The highest BCUT2D eigenvalue weighted by molar-refractivity contribution is 7.10. The fraction of sp³-hybridized carbons (Fsp3) is 0.364. The first-order chi connectivity index (χ1) is 13.4. The average Bonchev–Trinajstić information content (AvgIpc) is 3.24. The molecule has 0 unspecified atom stereocenters. The Bertz CT molecular complexity index is 978. The summed E-state index contributed by atoms with van der Waals surface area (Å²) in [7, 11) is 0. The number of rotatable bonds is 5. The Labute approximate surface area is 174 Å². The van der Waals surface area contributed by atoms with Crippen molar-refractivity contribution in [1.82, 2.24) is 15.1 Å². The topological polar surface area (TPSA) is 46.9 Å². The molecule has 6 heteroatoms. The molecular formula is C22H24ClN3OS. The van der Waals surface area contributed by atoms with Gasteiger partial charge in [-0.05, 0) is 47.4 Å². The Morgan fingerprint density at radius 3 is 2.96 bits per heavy atom. The molecule has 0 bridgehead atoms. The van der Waals surface area contributed by atoms with E-state index in [1.165, 1.54) is 5.69 Å². The van der Waals surface area contributed by atoms with Crippen LogP contribution in [0.3, 0.4) is 0 Å². The van der Waals surface area contributed by atoms with Gasteiger partial charge in [-0.1, -0.05) is 43.6 Å². The second-order valence-electron chi connectivity index (χ2n) is 8.26. The van der Waals surface area contributed by atoms with Crippen LogP contribution in [0.5, 0.6) is 0 Å². The highest BCUT2D eigenvalue weighted by Crippen LogP contribution is 2.41. The summed E-state index contributed by atoms with van der Waals surface area (Å²) in [6.45, 7) is 5.19. The predicted octanol–water partition coefficient (Wildman–Crippen LogP) is 5.02. The smallest absolute Gasteiger partial charge is 0.225 e. The molecule has 2 heterocycles. The third-order valence-electron chi connectivity index (χ3n) is 5.23. The van der Waals surface area contributed by atoms with Crippen molar-refractivity contribution in [3.8, 4) is 0 Å². The summed E-state index contributed by atoms with van der Waals surface area (Å²) in [5.74, 6) is 0.0682. The zero-order valence-electron chi connectivity index (χ0n) is 16.1. The molecule has 1 amide bonds. The summed E-state index contributed by atoms with van der Waals surface area (Å²) < 4.78 is 2.06. The van der Waals surface area contributed by atoms with Crippen LogP contribution in [0, 0.1) is 5.41 Å². The molecule has 4 nitrogen and oxygen atoms in total. The number of hydrogen-bond donors (Lipinski definition) is 1. The van der Waals surface area contributed by atoms with E-state index in [0.717, 1.165) is 33.9 Å². The summed E-state index contributed by atoms with van der Waals surface area (Å²) in [6, 6.07) is 11.9. The Balaban J connectivity index is 1.56. The minimum absolute atomic E-state index is 0.000626. The monoisotopic (exact) mass is 413 g/mol. The number of nitrogens with zero attached hydrogens (tertiary/aromatic N) is 2. The number of halogens is 1. The lowest BCUT2D eigenvalue weighted by Crippen LogP contribution is -2.37. The van der Waals surface area contributed by atoms with E-state index >= 15 is 0 Å². The maximum Gasteiger partial charge on any atom is 0.225 e. The summed E-state index contributed by atoms with van der Waals surface area (Å²) in [6.07, 6.45) is 4.21. The first kappa shape index (κ1) is 19.2. The zero-order chi connectivity index (χ0) is 19.7. The largest absolute Gasteiger partial charge is 0.349 e. The predicted molar refractivity (Wildman–Crippen MR) is 114 cm³/mol. The molecule has 28 heavy (non-hydrogen) atoms. The summed E-state index contributed by atoms with van der Waals surface area (Å²) >= 11 is 7.75. The third-order valence-corrected chi connectivity index (χ3v) is 6.34. The molecule has 0 saturated heterocycles. The Hall–Kier alpha value is -2.11. The van der Waals surface area contributed by atoms with Gasteiger partial charge in [-0.25, -0.2) is 0 Å². The lowest BCUT2D eigenvalue weighted by Gasteiger charge is -2.36. The fourth-order valence-electron chi connectivity index (χ4n) is 3.99. The maximum atomic E-state index is 12.6. The van der Waals surface area contributed by atoms with Gasteiger partial charge in [0.2, 0.25) is 5.91 Å². The fourth-order valence-corrected chi connectivity index (χ4v) is 4.90. The molecule has 1 aliphatic carbocycles. The van der Waals surface area contributed by atoms with Crippen LogP contribution in [0.25, 0.3) is 0 Å². The Kier molecular flexibility index (Phi) is 5.30. The highest BCUT2D eigenvalue weighted by atomic mass is 35.5. The maximum absolute atomic E-state index is 12.6. The molecule has 146 valence electrons. The molecule has 0 aliphatic heterocycles. The molecule has 1 atom stereocenters. The molecule has 0 radical (unpaired) electrons. The number of thiophene rings is 1. The molecule has 1 aromatic carbocycles. The number of hydrogen-bond acceptors (Lipinski definition) is 3. The minimum atomic E-state index is -0.000626. The van der Waals surface area contributed by atoms with Gasteiger partial charge in [-0.3, -0.25) is 9.48 Å². The van der Waals surface area contributed by atoms with Crippen molar-refractivity contribution in [2.24, 2.45) is 5.41 Å². The minimum Gasteiger partial charge on any atom is -0.349 e. The summed E-state index contributed by atoms with van der Waals surface area (Å²) in [5, 5.41) is 10.6. The van der Waals surface area contributed by atoms with Crippen molar-refractivity contribution in [1.29, 1.82) is 0 Å². The number of fused-ring (bicyclic) bond motifs is 1. The number of amides is 1. The Morgan fingerprint density at radius 1 is 1.36 bits per heavy atom. The number of carbonyl (C=O) groups excluding carboxylic acids is 1. The molecule has 1 N–H and O–H groups in total. The standard InChI is InChI=1S/C22H24ClN3OS/c1-22(2)11-19(25-21(27)10-17-7-4-8-28-17)18-13-24-26(20(18)12-22)14-15-5-3-6-16(23)9-15/h3-9,13,19H,10-12,14H2,1-2H3,(H,25,27)/t19-/m1/s1. The van der Waals surface area contributed by atoms with E-state index in [1.54, 1.807) is 11.3 Å². The molecular weight excluding hydrogens is 390 g/mol. The number of aromatic nitrogens is 2. The lowest BCUT2D eigenvalue weighted by atomic mass is 9.74. The van der Waals surface area contributed by atoms with Crippen LogP contribution in [-0.4, -0.2) is 15.7 Å². The van der Waals surface area contributed by atoms with Crippen LogP contribution in [-0.2, 0) is 24.2 Å². The second-order valence-corrected chi connectivity index (χ2v) is 9.72. The van der Waals surface area contributed by atoms with Gasteiger partial charge in [-0.15, -0.1) is 11.3 Å². The molecule has 2 aromatic heterocycles. The third kappa shape index (κ3) is 4.31. The molecule has 0 fully saturated rings. The molecule has 0 spiro atoms. The molecule has 3 aromatic rings. The van der Waals surface area contributed by atoms with Gasteiger partial charge >= 0.3 is 0 Å². The van der Waals surface area contributed by atoms with Crippen LogP contribution in [0.15, 0.2) is 48.0 Å². The van der Waals surface area contributed by atoms with Crippen molar-refractivity contribution < 1.29 is 4.79 Å². The van der Waals surface area contributed by atoms with Gasteiger partial charge in [0.05, 0.1) is 25.2 Å². The van der Waals surface area contributed by atoms with Crippen molar-refractivity contribution in [2.45, 2.75) is 45.7 Å². The van der Waals surface area contributed by atoms with Crippen LogP contribution < -0.4 is 5.32 Å². The first-order valence-corrected chi connectivity index (χ1v) is 10.8. The van der Waals surface area contributed by atoms with Crippen LogP contribution in [0.4, 0.5) is 0 Å². The summed E-state index contributed by atoms with van der Waals surface area (Å²) in [4.78, 5) is 13.7. The second kappa shape index (κ2) is 7.72. The van der Waals surface area contributed by atoms with E-state index in [2.05, 4.69) is 35.0 Å². The zero-order valence-corrected chi connectivity index (χ0v) is 17.7. The van der Waals surface area contributed by atoms with Gasteiger partial charge in [0.1, 0.15) is 0 Å². The number of nitrogens with one attached hydrogen (secondary N) is 1. The van der Waals surface area contributed by atoms with Gasteiger partial charge in [0.25, 0.3) is 0 Å². The van der Waals surface area contributed by atoms with Gasteiger partial charge in [0, 0.05) is 21.2 Å². The highest BCUT2D eigenvalue weighted by Gasteiger charge is 2.35. The van der Waals surface area contributed by atoms with E-state index in [-0.39, 0.29) is 17.4 Å². The van der Waals surface area contributed by atoms with E-state index in [1.807, 2.05) is 41.9 Å². The van der Waals surface area contributed by atoms with E-state index in [9.17, 15) is 4.79 Å². The van der Waals surface area contributed by atoms with Crippen molar-refractivity contribution in [3.05, 3.63) is 74.7 Å². The van der Waals surface area contributed by atoms with Crippen molar-refractivity contribution in [2.75, 3.05) is 0 Å².